The summed E-state index contributed by atoms with van der Waals surface area (Å²) in [7, 11) is 3.30. The fourth-order valence-corrected chi connectivity index (χ4v) is 1.48. The molecule has 0 aliphatic carbocycles. The van der Waals surface area contributed by atoms with Crippen LogP contribution in [-0.4, -0.2) is 27.3 Å². The third-order valence-electron chi connectivity index (χ3n) is 2.33. The van der Waals surface area contributed by atoms with E-state index in [1.165, 1.54) is 4.80 Å². The maximum absolute atomic E-state index is 5.60. The topological polar surface area (TPSA) is 88.1 Å². The molecule has 0 aliphatic heterocycles. The molecule has 0 saturated heterocycles. The number of aromatic nitrogens is 4. The average Bonchev–Trinajstić information content (AvgIpc) is 2.81. The number of aryl methyl sites for hydroxylation is 1. The van der Waals surface area contributed by atoms with E-state index in [1.54, 1.807) is 20.2 Å². The van der Waals surface area contributed by atoms with E-state index in [9.17, 15) is 0 Å². The smallest absolute Gasteiger partial charge is 0.212 e. The summed E-state index contributed by atoms with van der Waals surface area (Å²) in [5.41, 5.74) is 6.54. The van der Waals surface area contributed by atoms with Crippen LogP contribution in [0.2, 0.25) is 0 Å². The molecule has 18 heavy (non-hydrogen) atoms. The Morgan fingerprint density at radius 3 is 2.67 bits per heavy atom. The number of hydrogen-bond acceptors (Lipinski definition) is 6. The fourth-order valence-electron chi connectivity index (χ4n) is 1.48. The first-order chi connectivity index (χ1) is 8.71. The third kappa shape index (κ3) is 2.95. The number of ether oxygens (including phenoxy) is 2. The lowest BCUT2D eigenvalue weighted by Crippen LogP contribution is -2.01. The highest BCUT2D eigenvalue weighted by Gasteiger charge is 2.04. The van der Waals surface area contributed by atoms with Crippen LogP contribution in [0.5, 0.6) is 11.5 Å². The fraction of sp³-hybridized carbons (Fsp3) is 0.364. The zero-order valence-electron chi connectivity index (χ0n) is 10.3. The molecule has 0 atom stereocenters. The molecule has 7 heteroatoms. The summed E-state index contributed by atoms with van der Waals surface area (Å²) in [6, 6.07) is 5.52. The van der Waals surface area contributed by atoms with E-state index in [-0.39, 0.29) is 6.61 Å². The van der Waals surface area contributed by atoms with Crippen LogP contribution in [-0.2, 0) is 20.2 Å². The van der Waals surface area contributed by atoms with Crippen molar-refractivity contribution in [1.29, 1.82) is 0 Å². The van der Waals surface area contributed by atoms with Crippen LogP contribution in [0.4, 0.5) is 0 Å². The maximum atomic E-state index is 5.60. The zero-order chi connectivity index (χ0) is 13.0. The van der Waals surface area contributed by atoms with Crippen LogP contribution in [0.1, 0.15) is 11.4 Å². The first-order valence-electron chi connectivity index (χ1n) is 5.45. The molecule has 0 aliphatic rings. The van der Waals surface area contributed by atoms with E-state index in [0.29, 0.717) is 23.9 Å². The lowest BCUT2D eigenvalue weighted by molar-refractivity contribution is 0.293. The van der Waals surface area contributed by atoms with E-state index in [0.717, 1.165) is 5.56 Å². The summed E-state index contributed by atoms with van der Waals surface area (Å²) >= 11 is 0. The molecular weight excluding hydrogens is 234 g/mol. The molecule has 0 radical (unpaired) electrons. The van der Waals surface area contributed by atoms with Crippen molar-refractivity contribution < 1.29 is 9.47 Å². The quantitative estimate of drug-likeness (QED) is 0.817. The predicted octanol–water partition coefficient (Wildman–Crippen LogP) is 0.256. The van der Waals surface area contributed by atoms with Crippen molar-refractivity contribution in [3.63, 3.8) is 0 Å². The van der Waals surface area contributed by atoms with E-state index in [4.69, 9.17) is 15.2 Å². The van der Waals surface area contributed by atoms with E-state index in [1.807, 2.05) is 12.1 Å². The van der Waals surface area contributed by atoms with E-state index < -0.39 is 0 Å². The van der Waals surface area contributed by atoms with Gasteiger partial charge in [0.05, 0.1) is 14.2 Å². The van der Waals surface area contributed by atoms with Gasteiger partial charge in [-0.15, -0.1) is 10.2 Å². The Labute approximate surface area is 104 Å². The number of nitrogens with zero attached hydrogens (tertiary/aromatic N) is 4. The molecule has 1 aromatic heterocycles. The van der Waals surface area contributed by atoms with Gasteiger partial charge in [-0.3, -0.25) is 0 Å². The van der Waals surface area contributed by atoms with Crippen LogP contribution in [0, 0.1) is 0 Å². The van der Waals surface area contributed by atoms with E-state index in [2.05, 4.69) is 15.4 Å². The highest BCUT2D eigenvalue weighted by atomic mass is 16.5. The molecule has 96 valence electrons. The highest BCUT2D eigenvalue weighted by Crippen LogP contribution is 2.23. The lowest BCUT2D eigenvalue weighted by Gasteiger charge is -2.08. The van der Waals surface area contributed by atoms with Crippen LogP contribution < -0.4 is 15.2 Å². The Morgan fingerprint density at radius 1 is 1.28 bits per heavy atom. The lowest BCUT2D eigenvalue weighted by atomic mass is 10.2. The maximum Gasteiger partial charge on any atom is 0.212 e. The Bertz CT molecular complexity index is 504. The normalized spacial score (nSPS) is 10.4. The largest absolute Gasteiger partial charge is 0.497 e. The van der Waals surface area contributed by atoms with Gasteiger partial charge in [-0.05, 0) is 22.9 Å². The third-order valence-corrected chi connectivity index (χ3v) is 2.33. The molecule has 2 aromatic rings. The number of benzene rings is 1. The molecule has 1 aromatic carbocycles. The zero-order valence-corrected chi connectivity index (χ0v) is 10.3. The van der Waals surface area contributed by atoms with Gasteiger partial charge in [0.25, 0.3) is 0 Å². The van der Waals surface area contributed by atoms with Crippen molar-refractivity contribution in [2.24, 2.45) is 12.8 Å². The van der Waals surface area contributed by atoms with Crippen molar-refractivity contribution in [2.75, 3.05) is 7.11 Å². The van der Waals surface area contributed by atoms with Crippen molar-refractivity contribution >= 4 is 0 Å². The Hall–Kier alpha value is -2.15. The van der Waals surface area contributed by atoms with Crippen molar-refractivity contribution in [3.05, 3.63) is 29.6 Å². The number of hydrogen-bond donors (Lipinski definition) is 1. The van der Waals surface area contributed by atoms with Crippen molar-refractivity contribution in [1.82, 2.24) is 20.2 Å². The number of tetrazole rings is 1. The Balaban J connectivity index is 2.08. The summed E-state index contributed by atoms with van der Waals surface area (Å²) < 4.78 is 10.7. The second-order valence-corrected chi connectivity index (χ2v) is 3.70. The molecule has 0 bridgehead atoms. The van der Waals surface area contributed by atoms with Crippen LogP contribution >= 0.6 is 0 Å². The standard InChI is InChI=1S/C11H15N5O2/c1-16-14-11(13-15-16)7-18-10-4-8(6-12)3-9(5-10)17-2/h3-5H,6-7,12H2,1-2H3. The van der Waals surface area contributed by atoms with Crippen LogP contribution in [0.3, 0.4) is 0 Å². The summed E-state index contributed by atoms with van der Waals surface area (Å²) in [6.07, 6.45) is 0. The summed E-state index contributed by atoms with van der Waals surface area (Å²) in [6.45, 7) is 0.683. The molecule has 0 spiro atoms. The van der Waals surface area contributed by atoms with Gasteiger partial charge in [0.2, 0.25) is 5.82 Å². The van der Waals surface area contributed by atoms with Gasteiger partial charge in [0, 0.05) is 12.6 Å². The molecule has 0 saturated carbocycles. The minimum atomic E-state index is 0.255. The van der Waals surface area contributed by atoms with Gasteiger partial charge < -0.3 is 15.2 Å². The van der Waals surface area contributed by atoms with Gasteiger partial charge in [-0.2, -0.15) is 4.80 Å². The number of nitrogens with two attached hydrogens (primary N) is 1. The minimum Gasteiger partial charge on any atom is -0.497 e. The van der Waals surface area contributed by atoms with Gasteiger partial charge in [-0.1, -0.05) is 0 Å². The van der Waals surface area contributed by atoms with Gasteiger partial charge >= 0.3 is 0 Å². The first kappa shape index (κ1) is 12.3. The highest BCUT2D eigenvalue weighted by molar-refractivity contribution is 5.38. The number of methoxy groups -OCH3 is 1. The first-order valence-corrected chi connectivity index (χ1v) is 5.45. The molecule has 0 amide bonds. The second-order valence-electron chi connectivity index (χ2n) is 3.70. The van der Waals surface area contributed by atoms with E-state index >= 15 is 0 Å². The van der Waals surface area contributed by atoms with Crippen LogP contribution in [0.15, 0.2) is 18.2 Å². The molecule has 7 nitrogen and oxygen atoms in total. The minimum absolute atomic E-state index is 0.255. The molecule has 2 rings (SSSR count). The summed E-state index contributed by atoms with van der Waals surface area (Å²) in [5.74, 6) is 1.90. The predicted molar refractivity (Wildman–Crippen MR) is 64.0 cm³/mol. The molecule has 2 N–H and O–H groups in total. The molecular formula is C11H15N5O2. The Morgan fingerprint density at radius 2 is 2.06 bits per heavy atom. The van der Waals surface area contributed by atoms with Crippen molar-refractivity contribution in [2.45, 2.75) is 13.2 Å². The average molecular weight is 249 g/mol. The second kappa shape index (κ2) is 5.46. The monoisotopic (exact) mass is 249 g/mol. The SMILES string of the molecule is COc1cc(CN)cc(OCc2nnn(C)n2)c1. The van der Waals surface area contributed by atoms with Gasteiger partial charge in [-0.25, -0.2) is 0 Å². The summed E-state index contributed by atoms with van der Waals surface area (Å²) in [5, 5.41) is 11.6. The number of rotatable bonds is 5. The molecule has 1 heterocycles. The molecule has 0 unspecified atom stereocenters. The van der Waals surface area contributed by atoms with Gasteiger partial charge in [0.15, 0.2) is 6.61 Å². The van der Waals surface area contributed by atoms with Crippen LogP contribution in [0.25, 0.3) is 0 Å². The Kier molecular flexibility index (Phi) is 3.73. The van der Waals surface area contributed by atoms with Gasteiger partial charge in [0.1, 0.15) is 11.5 Å². The molecule has 0 fully saturated rings. The van der Waals surface area contributed by atoms with Crippen molar-refractivity contribution in [3.8, 4) is 11.5 Å². The summed E-state index contributed by atoms with van der Waals surface area (Å²) in [4.78, 5) is 1.38.